The van der Waals surface area contributed by atoms with Crippen LogP contribution >= 0.6 is 25.8 Å². The monoisotopic (exact) mass is 690 g/mol. The molecule has 10 atom stereocenters. The number of hydrogen-bond donors (Lipinski definition) is 5. The number of aromatic nitrogens is 8. The van der Waals surface area contributed by atoms with Gasteiger partial charge in [0.2, 0.25) is 0 Å². The van der Waals surface area contributed by atoms with Gasteiger partial charge in [0.25, 0.3) is 0 Å². The largest absolute Gasteiger partial charge is 0.388 e. The molecule has 6 N–H and O–H groups in total. The molecule has 1 saturated carbocycles. The number of fused-ring (bicyclic) bond motifs is 5. The Kier molecular flexibility index (Phi) is 7.65. The minimum absolute atomic E-state index is 0.0499. The second-order valence-corrected chi connectivity index (χ2v) is 15.9. The highest BCUT2D eigenvalue weighted by Gasteiger charge is 2.53. The normalized spacial score (nSPS) is 38.3. The first-order valence-corrected chi connectivity index (χ1v) is 18.4. The lowest BCUT2D eigenvalue weighted by Gasteiger charge is -2.27. The molecular formula is C21H25FN10O8P2S2. The molecule has 0 aromatic carbocycles. The Bertz CT molecular complexity index is 1840. The van der Waals surface area contributed by atoms with E-state index in [0.717, 1.165) is 0 Å². The number of aliphatic hydroxyl groups excluding tert-OH is 1. The molecule has 6 heterocycles. The second kappa shape index (κ2) is 11.1. The van der Waals surface area contributed by atoms with Gasteiger partial charge in [-0.3, -0.25) is 13.6 Å². The number of nitrogens with zero attached hydrogens (tertiary/aromatic N) is 8. The van der Waals surface area contributed by atoms with Crippen LogP contribution in [0.2, 0.25) is 0 Å². The Morgan fingerprint density at radius 2 is 1.59 bits per heavy atom. The van der Waals surface area contributed by atoms with Crippen molar-refractivity contribution in [1.82, 2.24) is 39.0 Å². The molecule has 3 aliphatic rings. The van der Waals surface area contributed by atoms with Gasteiger partial charge in [-0.1, -0.05) is 12.2 Å². The third kappa shape index (κ3) is 5.28. The Balaban J connectivity index is 1.21. The number of imidazole rings is 2. The van der Waals surface area contributed by atoms with Gasteiger partial charge in [0.15, 0.2) is 35.3 Å². The number of thiol groups is 1. The van der Waals surface area contributed by atoms with E-state index in [4.69, 9.17) is 46.1 Å². The van der Waals surface area contributed by atoms with Crippen molar-refractivity contribution in [3.05, 3.63) is 25.3 Å². The summed E-state index contributed by atoms with van der Waals surface area (Å²) in [5, 5.41) is 11.3. The molecule has 2 aliphatic heterocycles. The summed E-state index contributed by atoms with van der Waals surface area (Å²) in [5.41, 5.74) is 12.8. The number of anilines is 2. The van der Waals surface area contributed by atoms with Crippen LogP contribution in [0.4, 0.5) is 16.0 Å². The smallest absolute Gasteiger partial charge is 0.386 e. The summed E-state index contributed by atoms with van der Waals surface area (Å²) in [7, 11) is 0. The maximum Gasteiger partial charge on any atom is 0.386 e. The van der Waals surface area contributed by atoms with Crippen LogP contribution < -0.4 is 11.5 Å². The van der Waals surface area contributed by atoms with Crippen LogP contribution in [-0.4, -0.2) is 92.3 Å². The third-order valence-electron chi connectivity index (χ3n) is 7.68. The molecule has 0 spiro atoms. The van der Waals surface area contributed by atoms with Gasteiger partial charge in [-0.2, -0.15) is 0 Å². The first-order chi connectivity index (χ1) is 20.9. The molecule has 23 heteroatoms. The fraction of sp³-hybridized carbons (Fsp3) is 0.524. The van der Waals surface area contributed by atoms with Gasteiger partial charge in [-0.25, -0.2) is 38.9 Å². The third-order valence-corrected chi connectivity index (χ3v) is 10.9. The number of aliphatic hydroxyl groups is 1. The zero-order chi connectivity index (χ0) is 31.0. The minimum atomic E-state index is -4.27. The summed E-state index contributed by atoms with van der Waals surface area (Å²) < 4.78 is 61.1. The van der Waals surface area contributed by atoms with Crippen molar-refractivity contribution in [3.8, 4) is 0 Å². The average Bonchev–Trinajstić information content (AvgIpc) is 3.71. The first kappa shape index (κ1) is 30.2. The quantitative estimate of drug-likeness (QED) is 0.147. The number of ether oxygens (including phenoxy) is 1. The van der Waals surface area contributed by atoms with Crippen molar-refractivity contribution >= 4 is 71.5 Å². The molecule has 0 radical (unpaired) electrons. The van der Waals surface area contributed by atoms with Crippen molar-refractivity contribution in [1.29, 1.82) is 0 Å². The SMILES string of the molecule is Nc1ncnc2c1ncn2[C@@H]1C[C@@H]2OP(O)(=S)O[C@H]3[C@@H](F)[C@H](n4cnc5c(N)ncnc54)O[C@@H]3CCOP(=O)(S)O[C@@H]1[C@@H]2O. The lowest BCUT2D eigenvalue weighted by Crippen LogP contribution is -2.35. The molecule has 4 aromatic heterocycles. The van der Waals surface area contributed by atoms with Crippen molar-refractivity contribution in [3.63, 3.8) is 0 Å². The van der Waals surface area contributed by atoms with Gasteiger partial charge < -0.3 is 39.8 Å². The Labute approximate surface area is 257 Å². The van der Waals surface area contributed by atoms with E-state index < -0.39 is 62.5 Å². The van der Waals surface area contributed by atoms with Gasteiger partial charge in [-0.05, 0) is 11.8 Å². The van der Waals surface area contributed by atoms with Crippen LogP contribution in [0.5, 0.6) is 0 Å². The fourth-order valence-electron chi connectivity index (χ4n) is 5.72. The van der Waals surface area contributed by atoms with Crippen LogP contribution in [0, 0.1) is 0 Å². The second-order valence-electron chi connectivity index (χ2n) is 10.3. The molecule has 236 valence electrons. The zero-order valence-corrected chi connectivity index (χ0v) is 25.8. The topological polar surface area (TPSA) is 243 Å². The number of halogens is 1. The number of nitrogen functional groups attached to an aromatic ring is 2. The van der Waals surface area contributed by atoms with Crippen molar-refractivity contribution in [2.45, 2.75) is 61.8 Å². The summed E-state index contributed by atoms with van der Waals surface area (Å²) in [6, 6.07) is -0.818. The molecule has 3 fully saturated rings. The van der Waals surface area contributed by atoms with Gasteiger partial charge in [-0.15, -0.1) is 0 Å². The maximum absolute atomic E-state index is 16.1. The summed E-state index contributed by atoms with van der Waals surface area (Å²) >= 11 is 9.41. The lowest BCUT2D eigenvalue weighted by atomic mass is 10.1. The van der Waals surface area contributed by atoms with Crippen molar-refractivity contribution < 1.29 is 41.8 Å². The fourth-order valence-corrected chi connectivity index (χ4v) is 9.06. The molecule has 18 nitrogen and oxygen atoms in total. The van der Waals surface area contributed by atoms with Crippen LogP contribution in [0.15, 0.2) is 25.3 Å². The van der Waals surface area contributed by atoms with Crippen LogP contribution in [-0.2, 0) is 39.2 Å². The molecular weight excluding hydrogens is 665 g/mol. The number of alkyl halides is 1. The first-order valence-electron chi connectivity index (χ1n) is 13.1. The maximum atomic E-state index is 16.1. The Hall–Kier alpha value is -2.42. The zero-order valence-electron chi connectivity index (χ0n) is 22.3. The number of nitrogens with two attached hydrogens (primary N) is 2. The molecule has 1 aliphatic carbocycles. The van der Waals surface area contributed by atoms with Gasteiger partial charge in [0, 0.05) is 12.8 Å². The summed E-state index contributed by atoms with van der Waals surface area (Å²) in [5.74, 6) is 0.207. The van der Waals surface area contributed by atoms with Gasteiger partial charge in [0.05, 0.1) is 37.5 Å². The van der Waals surface area contributed by atoms with E-state index in [2.05, 4.69) is 42.2 Å². The number of hydrogen-bond acceptors (Lipinski definition) is 16. The van der Waals surface area contributed by atoms with Gasteiger partial charge >= 0.3 is 13.5 Å². The highest BCUT2D eigenvalue weighted by atomic mass is 32.7. The van der Waals surface area contributed by atoms with Crippen molar-refractivity contribution in [2.24, 2.45) is 0 Å². The van der Waals surface area contributed by atoms with Crippen molar-refractivity contribution in [2.75, 3.05) is 18.1 Å². The van der Waals surface area contributed by atoms with E-state index in [1.54, 1.807) is 4.57 Å². The lowest BCUT2D eigenvalue weighted by molar-refractivity contribution is -0.0307. The van der Waals surface area contributed by atoms with E-state index in [1.165, 1.54) is 29.9 Å². The molecule has 0 amide bonds. The molecule has 2 unspecified atom stereocenters. The number of rotatable bonds is 2. The molecule has 7 rings (SSSR count). The highest BCUT2D eigenvalue weighted by Crippen LogP contribution is 2.59. The molecule has 4 aromatic rings. The van der Waals surface area contributed by atoms with E-state index in [9.17, 15) is 14.6 Å². The predicted octanol–water partition coefficient (Wildman–Crippen LogP) is 1.20. The summed E-state index contributed by atoms with van der Waals surface area (Å²) in [6.07, 6.45) is -4.82. The standard InChI is InChI=1S/C21H25FN10O8P2S2/c22-11-16-9(37-21(11)32-7-30-13-18(24)26-5-28-20(13)32)1-2-36-41(34,43)39-15-8(3-10(14(15)33)38-42(35,44)40-16)31-6-29-12-17(23)25-4-27-19(12)31/h4-11,14-16,21,33H,1-3H2,(H,34,43)(H,35,44)(H2,23,25,27)(H2,24,26,28)/t8-,9-,10+,11-,14-,15+,16-,21-,41?,42?/m1/s1. The van der Waals surface area contributed by atoms with Crippen LogP contribution in [0.3, 0.4) is 0 Å². The predicted molar refractivity (Wildman–Crippen MR) is 156 cm³/mol. The molecule has 2 bridgehead atoms. The van der Waals surface area contributed by atoms with E-state index >= 15 is 4.39 Å². The van der Waals surface area contributed by atoms with Gasteiger partial charge in [0.1, 0.15) is 42.0 Å². The molecule has 2 saturated heterocycles. The van der Waals surface area contributed by atoms with E-state index in [1.807, 2.05) is 0 Å². The average molecular weight is 691 g/mol. The van der Waals surface area contributed by atoms with E-state index in [-0.39, 0.29) is 47.8 Å². The molecule has 44 heavy (non-hydrogen) atoms. The summed E-state index contributed by atoms with van der Waals surface area (Å²) in [6.45, 7) is -8.72. The van der Waals surface area contributed by atoms with Crippen LogP contribution in [0.25, 0.3) is 22.3 Å². The Morgan fingerprint density at radius 3 is 2.27 bits per heavy atom. The Morgan fingerprint density at radius 1 is 0.955 bits per heavy atom. The summed E-state index contributed by atoms with van der Waals surface area (Å²) in [4.78, 5) is 35.7. The highest BCUT2D eigenvalue weighted by molar-refractivity contribution is 8.44. The van der Waals surface area contributed by atoms with E-state index in [0.29, 0.717) is 5.65 Å². The van der Waals surface area contributed by atoms with Crippen LogP contribution in [0.1, 0.15) is 25.1 Å². The minimum Gasteiger partial charge on any atom is -0.388 e.